The van der Waals surface area contributed by atoms with Gasteiger partial charge in [0.05, 0.1) is 6.61 Å². The van der Waals surface area contributed by atoms with E-state index in [0.717, 1.165) is 29.4 Å². The Balaban J connectivity index is 1.40. The monoisotopic (exact) mass is 361 g/mol. The summed E-state index contributed by atoms with van der Waals surface area (Å²) in [5.74, 6) is -0.0404. The van der Waals surface area contributed by atoms with Crippen molar-refractivity contribution in [3.8, 4) is 0 Å². The maximum Gasteiger partial charge on any atom is 0.251 e. The van der Waals surface area contributed by atoms with Crippen molar-refractivity contribution in [3.63, 3.8) is 0 Å². The molecule has 2 aromatic carbocycles. The molecule has 0 aliphatic carbocycles. The van der Waals surface area contributed by atoms with Crippen molar-refractivity contribution < 1.29 is 9.53 Å². The zero-order valence-electron chi connectivity index (χ0n) is 15.4. The van der Waals surface area contributed by atoms with Gasteiger partial charge in [-0.2, -0.15) is 0 Å². The highest BCUT2D eigenvalue weighted by molar-refractivity contribution is 5.98. The van der Waals surface area contributed by atoms with Crippen molar-refractivity contribution in [1.82, 2.24) is 14.9 Å². The third-order valence-corrected chi connectivity index (χ3v) is 4.92. The van der Waals surface area contributed by atoms with E-state index in [9.17, 15) is 4.79 Å². The lowest BCUT2D eigenvalue weighted by Gasteiger charge is -2.07. The minimum atomic E-state index is -0.0404. The fourth-order valence-electron chi connectivity index (χ4n) is 3.48. The number of nitrogens with one attached hydrogen (secondary N) is 2. The molecule has 2 aromatic heterocycles. The van der Waals surface area contributed by atoms with E-state index in [2.05, 4.69) is 27.0 Å². The van der Waals surface area contributed by atoms with Crippen molar-refractivity contribution in [2.45, 2.75) is 13.0 Å². The molecule has 138 valence electrons. The largest absolute Gasteiger partial charge is 0.383 e. The van der Waals surface area contributed by atoms with Gasteiger partial charge in [-0.15, -0.1) is 0 Å². The number of methoxy groups -OCH3 is 1. The third-order valence-electron chi connectivity index (χ3n) is 4.92. The molecule has 27 heavy (non-hydrogen) atoms. The van der Waals surface area contributed by atoms with Crippen LogP contribution in [0.25, 0.3) is 21.8 Å². The molecular weight excluding hydrogens is 338 g/mol. The number of hydrogen-bond acceptors (Lipinski definition) is 2. The molecule has 0 radical (unpaired) electrons. The van der Waals surface area contributed by atoms with Crippen LogP contribution in [0.2, 0.25) is 0 Å². The van der Waals surface area contributed by atoms with E-state index >= 15 is 0 Å². The molecule has 0 spiro atoms. The second-order valence-electron chi connectivity index (χ2n) is 6.64. The first-order valence-corrected chi connectivity index (χ1v) is 9.17. The number of rotatable bonds is 7. The van der Waals surface area contributed by atoms with Gasteiger partial charge in [-0.25, -0.2) is 0 Å². The van der Waals surface area contributed by atoms with Gasteiger partial charge in [0.15, 0.2) is 0 Å². The Labute approximate surface area is 157 Å². The van der Waals surface area contributed by atoms with Crippen molar-refractivity contribution in [3.05, 3.63) is 72.1 Å². The summed E-state index contributed by atoms with van der Waals surface area (Å²) in [6.07, 6.45) is 4.85. The standard InChI is InChI=1S/C22H23N3O2/c1-27-13-12-25-11-9-16-14-17(6-7-21(16)25)22(26)23-10-8-18-15-24-20-5-3-2-4-19(18)20/h2-7,9,11,14-15,24H,8,10,12-13H2,1H3,(H,23,26). The van der Waals surface area contributed by atoms with Crippen LogP contribution < -0.4 is 5.32 Å². The number of nitrogens with zero attached hydrogens (tertiary/aromatic N) is 1. The summed E-state index contributed by atoms with van der Waals surface area (Å²) in [6, 6.07) is 16.1. The summed E-state index contributed by atoms with van der Waals surface area (Å²) >= 11 is 0. The fourth-order valence-corrected chi connectivity index (χ4v) is 3.48. The molecule has 0 saturated carbocycles. The first kappa shape index (κ1) is 17.4. The van der Waals surface area contributed by atoms with E-state index in [1.807, 2.05) is 48.8 Å². The Morgan fingerprint density at radius 2 is 2.07 bits per heavy atom. The first-order chi connectivity index (χ1) is 13.3. The van der Waals surface area contributed by atoms with Crippen LogP contribution in [0.3, 0.4) is 0 Å². The second kappa shape index (κ2) is 7.68. The van der Waals surface area contributed by atoms with Gasteiger partial charge >= 0.3 is 0 Å². The van der Waals surface area contributed by atoms with Crippen LogP contribution >= 0.6 is 0 Å². The van der Waals surface area contributed by atoms with Crippen molar-refractivity contribution in [2.24, 2.45) is 0 Å². The molecule has 0 aliphatic rings. The molecule has 0 unspecified atom stereocenters. The van der Waals surface area contributed by atoms with Gasteiger partial charge in [-0.1, -0.05) is 18.2 Å². The predicted octanol–water partition coefficient (Wildman–Crippen LogP) is 3.74. The Bertz CT molecular complexity index is 1080. The summed E-state index contributed by atoms with van der Waals surface area (Å²) < 4.78 is 7.28. The van der Waals surface area contributed by atoms with Gasteiger partial charge in [-0.05, 0) is 42.3 Å². The molecule has 2 N–H and O–H groups in total. The maximum atomic E-state index is 12.5. The number of para-hydroxylation sites is 1. The Morgan fingerprint density at radius 1 is 1.19 bits per heavy atom. The minimum absolute atomic E-state index is 0.0404. The van der Waals surface area contributed by atoms with Crippen LogP contribution in [0.4, 0.5) is 0 Å². The molecule has 2 heterocycles. The van der Waals surface area contributed by atoms with Crippen molar-refractivity contribution >= 4 is 27.7 Å². The van der Waals surface area contributed by atoms with Gasteiger partial charge < -0.3 is 19.6 Å². The number of hydrogen-bond donors (Lipinski definition) is 2. The van der Waals surface area contributed by atoms with Crippen LogP contribution in [-0.2, 0) is 17.7 Å². The predicted molar refractivity (Wildman–Crippen MR) is 108 cm³/mol. The number of fused-ring (bicyclic) bond motifs is 2. The van der Waals surface area contributed by atoms with E-state index in [1.165, 1.54) is 10.9 Å². The number of benzene rings is 2. The molecular formula is C22H23N3O2. The summed E-state index contributed by atoms with van der Waals surface area (Å²) in [5, 5.41) is 5.31. The molecule has 1 amide bonds. The van der Waals surface area contributed by atoms with Crippen LogP contribution in [0.15, 0.2) is 60.9 Å². The topological polar surface area (TPSA) is 59.0 Å². The third kappa shape index (κ3) is 3.59. The van der Waals surface area contributed by atoms with Gasteiger partial charge in [0.25, 0.3) is 5.91 Å². The summed E-state index contributed by atoms with van der Waals surface area (Å²) in [6.45, 7) is 2.07. The Kier molecular flexibility index (Phi) is 4.94. The lowest BCUT2D eigenvalue weighted by molar-refractivity contribution is 0.0954. The number of aromatic amines is 1. The van der Waals surface area contributed by atoms with Crippen molar-refractivity contribution in [2.75, 3.05) is 20.3 Å². The summed E-state index contributed by atoms with van der Waals surface area (Å²) in [5.41, 5.74) is 4.15. The fraction of sp³-hybridized carbons (Fsp3) is 0.227. The van der Waals surface area contributed by atoms with Gasteiger partial charge in [-0.3, -0.25) is 4.79 Å². The minimum Gasteiger partial charge on any atom is -0.383 e. The maximum absolute atomic E-state index is 12.5. The highest BCUT2D eigenvalue weighted by Gasteiger charge is 2.09. The van der Waals surface area contributed by atoms with Crippen LogP contribution in [-0.4, -0.2) is 35.7 Å². The molecule has 5 heteroatoms. The van der Waals surface area contributed by atoms with E-state index in [0.29, 0.717) is 18.7 Å². The average Bonchev–Trinajstić information content (AvgIpc) is 3.30. The van der Waals surface area contributed by atoms with Gasteiger partial charge in [0.2, 0.25) is 0 Å². The van der Waals surface area contributed by atoms with E-state index in [1.54, 1.807) is 7.11 Å². The quantitative estimate of drug-likeness (QED) is 0.527. The molecule has 0 fully saturated rings. The normalized spacial score (nSPS) is 11.3. The molecule has 4 rings (SSSR count). The van der Waals surface area contributed by atoms with Gasteiger partial charge in [0, 0.05) is 60.0 Å². The van der Waals surface area contributed by atoms with E-state index < -0.39 is 0 Å². The Morgan fingerprint density at radius 3 is 2.96 bits per heavy atom. The second-order valence-corrected chi connectivity index (χ2v) is 6.64. The number of ether oxygens (including phenoxy) is 1. The lowest BCUT2D eigenvalue weighted by atomic mass is 10.1. The van der Waals surface area contributed by atoms with Crippen LogP contribution in [0.1, 0.15) is 15.9 Å². The first-order valence-electron chi connectivity index (χ1n) is 9.17. The molecule has 4 aromatic rings. The highest BCUT2D eigenvalue weighted by Crippen LogP contribution is 2.19. The SMILES string of the molecule is COCCn1ccc2cc(C(=O)NCCc3c[nH]c4ccccc34)ccc21. The number of aromatic nitrogens is 2. The summed E-state index contributed by atoms with van der Waals surface area (Å²) in [7, 11) is 1.70. The van der Waals surface area contributed by atoms with Crippen LogP contribution in [0.5, 0.6) is 0 Å². The molecule has 0 saturated heterocycles. The van der Waals surface area contributed by atoms with Gasteiger partial charge in [0.1, 0.15) is 0 Å². The number of carbonyl (C=O) groups excluding carboxylic acids is 1. The smallest absolute Gasteiger partial charge is 0.251 e. The summed E-state index contributed by atoms with van der Waals surface area (Å²) in [4.78, 5) is 15.8. The molecule has 5 nitrogen and oxygen atoms in total. The number of H-pyrrole nitrogens is 1. The molecule has 0 atom stereocenters. The van der Waals surface area contributed by atoms with Crippen molar-refractivity contribution in [1.29, 1.82) is 0 Å². The lowest BCUT2D eigenvalue weighted by Crippen LogP contribution is -2.25. The Hall–Kier alpha value is -3.05. The van der Waals surface area contributed by atoms with E-state index in [4.69, 9.17) is 4.74 Å². The molecule has 0 aliphatic heterocycles. The zero-order valence-corrected chi connectivity index (χ0v) is 15.4. The number of amides is 1. The number of carbonyl (C=O) groups is 1. The average molecular weight is 361 g/mol. The highest BCUT2D eigenvalue weighted by atomic mass is 16.5. The zero-order chi connectivity index (χ0) is 18.6. The van der Waals surface area contributed by atoms with E-state index in [-0.39, 0.29) is 5.91 Å². The molecule has 0 bridgehead atoms. The van der Waals surface area contributed by atoms with Crippen LogP contribution in [0, 0.1) is 0 Å².